The van der Waals surface area contributed by atoms with Gasteiger partial charge in [0.25, 0.3) is 0 Å². The van der Waals surface area contributed by atoms with Crippen molar-refractivity contribution in [2.24, 2.45) is 0 Å². The first kappa shape index (κ1) is 30.2. The molecule has 0 saturated heterocycles. The number of halogens is 1. The lowest BCUT2D eigenvalue weighted by Gasteiger charge is -2.12. The van der Waals surface area contributed by atoms with Gasteiger partial charge in [0.15, 0.2) is 17.5 Å². The van der Waals surface area contributed by atoms with E-state index in [1.54, 1.807) is 11.3 Å². The van der Waals surface area contributed by atoms with Crippen LogP contribution in [-0.2, 0) is 0 Å². The normalized spacial score (nSPS) is 11.9. The maximum Gasteiger partial charge on any atom is 0.164 e. The van der Waals surface area contributed by atoms with Gasteiger partial charge < -0.3 is 4.57 Å². The smallest absolute Gasteiger partial charge is 0.164 e. The summed E-state index contributed by atoms with van der Waals surface area (Å²) in [5.74, 6) is 1.85. The number of rotatable bonds is 4. The fourth-order valence-electron chi connectivity index (χ4n) is 7.98. The zero-order valence-electron chi connectivity index (χ0n) is 28.2. The van der Waals surface area contributed by atoms with Gasteiger partial charge in [-0.1, -0.05) is 139 Å². The van der Waals surface area contributed by atoms with Gasteiger partial charge in [0.2, 0.25) is 0 Å². The summed E-state index contributed by atoms with van der Waals surface area (Å²) in [5.41, 5.74) is 6.15. The highest BCUT2D eigenvalue weighted by atomic mass is 35.5. The van der Waals surface area contributed by atoms with E-state index in [4.69, 9.17) is 26.6 Å². The Bertz CT molecular complexity index is 3250. The molecule has 0 amide bonds. The van der Waals surface area contributed by atoms with Gasteiger partial charge in [-0.15, -0.1) is 11.3 Å². The molecule has 248 valence electrons. The number of fused-ring (bicyclic) bond motifs is 9. The van der Waals surface area contributed by atoms with Crippen LogP contribution < -0.4 is 0 Å². The largest absolute Gasteiger partial charge is 0.309 e. The van der Waals surface area contributed by atoms with Crippen molar-refractivity contribution in [2.75, 3.05) is 0 Å². The first-order valence-electron chi connectivity index (χ1n) is 17.6. The predicted octanol–water partition coefficient (Wildman–Crippen LogP) is 13.3. The van der Waals surface area contributed by atoms with Crippen LogP contribution in [0.15, 0.2) is 164 Å². The number of hydrogen-bond acceptors (Lipinski definition) is 4. The average molecular weight is 715 g/mol. The molecule has 6 heteroatoms. The molecule has 0 aliphatic carbocycles. The van der Waals surface area contributed by atoms with Crippen molar-refractivity contribution in [3.63, 3.8) is 0 Å². The standard InChI is InChI=1S/C47H27ClN4S/c48-38-27-26-37(42-35-25-24-29-13-5-7-18-32(29)43(35)53-44(38)42)47-50-45(33-20-10-14-28-12-4-6-17-31(28)33)49-46(51-47)36-21-11-23-40-41(36)34-19-8-9-22-39(34)52(40)30-15-2-1-3-16-30/h1-27H. The first-order chi connectivity index (χ1) is 26.2. The van der Waals surface area contributed by atoms with Crippen LogP contribution in [0.2, 0.25) is 5.02 Å². The van der Waals surface area contributed by atoms with E-state index in [1.807, 2.05) is 6.07 Å². The molecule has 4 nitrogen and oxygen atoms in total. The van der Waals surface area contributed by atoms with Crippen molar-refractivity contribution in [3.05, 3.63) is 169 Å². The molecule has 0 unspecified atom stereocenters. The number of aromatic nitrogens is 4. The van der Waals surface area contributed by atoms with Crippen LogP contribution in [-0.4, -0.2) is 19.5 Å². The van der Waals surface area contributed by atoms with Crippen molar-refractivity contribution >= 4 is 86.5 Å². The van der Waals surface area contributed by atoms with Gasteiger partial charge in [0.05, 0.1) is 20.8 Å². The summed E-state index contributed by atoms with van der Waals surface area (Å²) in [6.45, 7) is 0. The molecule has 0 saturated carbocycles. The fraction of sp³-hybridized carbons (Fsp3) is 0. The monoisotopic (exact) mass is 714 g/mol. The SMILES string of the molecule is Clc1ccc(-c2nc(-c3cccc4ccccc34)nc(-c3cccc4c3c3ccccc3n4-c3ccccc3)n2)c2c1sc1c3ccccc3ccc12. The fourth-order valence-corrected chi connectivity index (χ4v) is 9.52. The number of thiophene rings is 1. The van der Waals surface area contributed by atoms with Crippen LogP contribution in [0.25, 0.3) is 103 Å². The Morgan fingerprint density at radius 2 is 0.981 bits per heavy atom. The van der Waals surface area contributed by atoms with Crippen LogP contribution in [0, 0.1) is 0 Å². The molecule has 3 aromatic heterocycles. The second-order valence-corrected chi connectivity index (χ2v) is 14.7. The quantitative estimate of drug-likeness (QED) is 0.182. The van der Waals surface area contributed by atoms with Gasteiger partial charge in [0.1, 0.15) is 0 Å². The predicted molar refractivity (Wildman–Crippen MR) is 223 cm³/mol. The highest BCUT2D eigenvalue weighted by Crippen LogP contribution is 2.46. The first-order valence-corrected chi connectivity index (χ1v) is 18.8. The molecule has 8 aromatic carbocycles. The van der Waals surface area contributed by atoms with Crippen molar-refractivity contribution in [2.45, 2.75) is 0 Å². The molecule has 0 atom stereocenters. The van der Waals surface area contributed by atoms with Crippen LogP contribution in [0.4, 0.5) is 0 Å². The Morgan fingerprint density at radius 1 is 0.396 bits per heavy atom. The summed E-state index contributed by atoms with van der Waals surface area (Å²) >= 11 is 8.72. The van der Waals surface area contributed by atoms with Crippen molar-refractivity contribution in [1.82, 2.24) is 19.5 Å². The molecule has 0 fully saturated rings. The third-order valence-corrected chi connectivity index (χ3v) is 12.0. The van der Waals surface area contributed by atoms with E-state index < -0.39 is 0 Å². The van der Waals surface area contributed by atoms with E-state index in [0.29, 0.717) is 17.5 Å². The van der Waals surface area contributed by atoms with Gasteiger partial charge in [0, 0.05) is 48.6 Å². The Kier molecular flexibility index (Phi) is 6.75. The highest BCUT2D eigenvalue weighted by Gasteiger charge is 2.22. The second kappa shape index (κ2) is 11.8. The summed E-state index contributed by atoms with van der Waals surface area (Å²) in [7, 11) is 0. The highest BCUT2D eigenvalue weighted by molar-refractivity contribution is 7.27. The lowest BCUT2D eigenvalue weighted by Crippen LogP contribution is -2.01. The summed E-state index contributed by atoms with van der Waals surface area (Å²) in [6.07, 6.45) is 0. The van der Waals surface area contributed by atoms with E-state index in [1.165, 1.54) is 15.5 Å². The molecule has 0 aliphatic heterocycles. The minimum Gasteiger partial charge on any atom is -0.309 e. The van der Waals surface area contributed by atoms with Gasteiger partial charge in [-0.05, 0) is 57.9 Å². The average Bonchev–Trinajstić information content (AvgIpc) is 3.79. The third-order valence-electron chi connectivity index (χ3n) is 10.3. The number of nitrogens with zero attached hydrogens (tertiary/aromatic N) is 4. The van der Waals surface area contributed by atoms with Gasteiger partial charge in [-0.2, -0.15) is 0 Å². The lowest BCUT2D eigenvalue weighted by molar-refractivity contribution is 1.08. The van der Waals surface area contributed by atoms with Crippen molar-refractivity contribution in [3.8, 4) is 39.9 Å². The molecule has 0 radical (unpaired) electrons. The van der Waals surface area contributed by atoms with Crippen LogP contribution in [0.5, 0.6) is 0 Å². The third kappa shape index (κ3) is 4.65. The Morgan fingerprint density at radius 3 is 1.79 bits per heavy atom. The minimum atomic E-state index is 0.608. The van der Waals surface area contributed by atoms with Gasteiger partial charge >= 0.3 is 0 Å². The summed E-state index contributed by atoms with van der Waals surface area (Å²) in [6, 6.07) is 57.2. The molecule has 0 spiro atoms. The molecule has 11 rings (SSSR count). The lowest BCUT2D eigenvalue weighted by atomic mass is 10.0. The summed E-state index contributed by atoms with van der Waals surface area (Å²) < 4.78 is 4.55. The number of benzene rings is 8. The van der Waals surface area contributed by atoms with Crippen LogP contribution in [0.3, 0.4) is 0 Å². The Labute approximate surface area is 313 Å². The van der Waals surface area contributed by atoms with E-state index in [-0.39, 0.29) is 0 Å². The zero-order chi connectivity index (χ0) is 35.0. The van der Waals surface area contributed by atoms with E-state index in [9.17, 15) is 0 Å². The van der Waals surface area contributed by atoms with Crippen LogP contribution >= 0.6 is 22.9 Å². The maximum absolute atomic E-state index is 6.99. The van der Waals surface area contributed by atoms with E-state index in [2.05, 4.69) is 162 Å². The molecular weight excluding hydrogens is 688 g/mol. The van der Waals surface area contributed by atoms with Gasteiger partial charge in [-0.3, -0.25) is 0 Å². The molecule has 53 heavy (non-hydrogen) atoms. The van der Waals surface area contributed by atoms with Crippen molar-refractivity contribution < 1.29 is 0 Å². The zero-order valence-corrected chi connectivity index (χ0v) is 29.7. The minimum absolute atomic E-state index is 0.608. The molecule has 0 aliphatic rings. The molecular formula is C47H27ClN4S. The van der Waals surface area contributed by atoms with Gasteiger partial charge in [-0.25, -0.2) is 15.0 Å². The molecule has 3 heterocycles. The Balaban J connectivity index is 1.25. The van der Waals surface area contributed by atoms with E-state index in [0.717, 1.165) is 75.5 Å². The molecule has 0 N–H and O–H groups in total. The second-order valence-electron chi connectivity index (χ2n) is 13.3. The summed E-state index contributed by atoms with van der Waals surface area (Å²) in [5, 5.41) is 9.79. The van der Waals surface area contributed by atoms with Crippen LogP contribution in [0.1, 0.15) is 0 Å². The van der Waals surface area contributed by atoms with Crippen molar-refractivity contribution in [1.29, 1.82) is 0 Å². The van der Waals surface area contributed by atoms with E-state index >= 15 is 0 Å². The molecule has 11 aromatic rings. The topological polar surface area (TPSA) is 43.6 Å². The maximum atomic E-state index is 6.99. The Hall–Kier alpha value is -6.40. The molecule has 0 bridgehead atoms. The number of hydrogen-bond donors (Lipinski definition) is 0. The number of para-hydroxylation sites is 2. The summed E-state index contributed by atoms with van der Waals surface area (Å²) in [4.78, 5) is 16.0.